The molecular weight excluding hydrogens is 290 g/mol. The van der Waals surface area contributed by atoms with E-state index in [4.69, 9.17) is 0 Å². The van der Waals surface area contributed by atoms with Crippen molar-refractivity contribution in [1.29, 1.82) is 0 Å². The van der Waals surface area contributed by atoms with Crippen molar-refractivity contribution in [3.05, 3.63) is 107 Å². The summed E-state index contributed by atoms with van der Waals surface area (Å²) in [7, 11) is 0. The standard InChI is InChI=1S/C23H19N/c1-2-10-20(11-3-1)24-17-16-19-9-5-7-13-22(19)23-15-14-18-8-4-6-12-21(18)23/h1-15,17,23H,16H2. The van der Waals surface area contributed by atoms with Crippen molar-refractivity contribution in [2.24, 2.45) is 4.99 Å². The molecule has 1 aliphatic rings. The Balaban J connectivity index is 1.60. The van der Waals surface area contributed by atoms with Gasteiger partial charge in [0.05, 0.1) is 5.69 Å². The molecule has 0 aromatic heterocycles. The molecule has 1 heteroatoms. The molecule has 1 aliphatic carbocycles. The van der Waals surface area contributed by atoms with Crippen molar-refractivity contribution >= 4 is 18.0 Å². The molecule has 4 rings (SSSR count). The Hall–Kier alpha value is -2.93. The normalized spacial score (nSPS) is 15.8. The molecule has 1 atom stereocenters. The summed E-state index contributed by atoms with van der Waals surface area (Å²) in [6.07, 6.45) is 7.39. The van der Waals surface area contributed by atoms with Crippen LogP contribution in [0.3, 0.4) is 0 Å². The van der Waals surface area contributed by atoms with E-state index in [1.165, 1.54) is 22.3 Å². The average Bonchev–Trinajstić information content (AvgIpc) is 3.07. The van der Waals surface area contributed by atoms with Gasteiger partial charge in [-0.15, -0.1) is 0 Å². The number of nitrogens with zero attached hydrogens (tertiary/aromatic N) is 1. The molecule has 0 spiro atoms. The minimum Gasteiger partial charge on any atom is -0.261 e. The van der Waals surface area contributed by atoms with Gasteiger partial charge in [0, 0.05) is 18.6 Å². The second-order valence-corrected chi connectivity index (χ2v) is 6.02. The highest BCUT2D eigenvalue weighted by atomic mass is 14.7. The fourth-order valence-corrected chi connectivity index (χ4v) is 3.31. The summed E-state index contributed by atoms with van der Waals surface area (Å²) < 4.78 is 0. The molecule has 0 bridgehead atoms. The maximum atomic E-state index is 4.57. The lowest BCUT2D eigenvalue weighted by Crippen LogP contribution is -2.01. The Morgan fingerprint density at radius 1 is 0.750 bits per heavy atom. The van der Waals surface area contributed by atoms with Crippen LogP contribution in [0.4, 0.5) is 5.69 Å². The van der Waals surface area contributed by atoms with Gasteiger partial charge in [-0.2, -0.15) is 0 Å². The summed E-state index contributed by atoms with van der Waals surface area (Å²) in [4.78, 5) is 4.57. The maximum Gasteiger partial charge on any atom is 0.0625 e. The second kappa shape index (κ2) is 6.67. The first-order chi connectivity index (χ1) is 11.9. The minimum atomic E-state index is 0.350. The zero-order chi connectivity index (χ0) is 16.2. The molecule has 0 fully saturated rings. The van der Waals surface area contributed by atoms with Gasteiger partial charge in [-0.3, -0.25) is 4.99 Å². The van der Waals surface area contributed by atoms with E-state index < -0.39 is 0 Å². The number of rotatable bonds is 4. The summed E-state index contributed by atoms with van der Waals surface area (Å²) in [5.74, 6) is 0.350. The smallest absolute Gasteiger partial charge is 0.0625 e. The Morgan fingerprint density at radius 2 is 1.46 bits per heavy atom. The highest BCUT2D eigenvalue weighted by Crippen LogP contribution is 2.36. The Kier molecular flexibility index (Phi) is 4.07. The molecule has 0 saturated heterocycles. The zero-order valence-electron chi connectivity index (χ0n) is 13.5. The first kappa shape index (κ1) is 14.6. The molecule has 3 aromatic rings. The maximum absolute atomic E-state index is 4.57. The number of allylic oxidation sites excluding steroid dienone is 1. The lowest BCUT2D eigenvalue weighted by atomic mass is 9.89. The van der Waals surface area contributed by atoms with Gasteiger partial charge >= 0.3 is 0 Å². The van der Waals surface area contributed by atoms with Crippen LogP contribution >= 0.6 is 0 Å². The Bertz CT molecular complexity index is 891. The fourth-order valence-electron chi connectivity index (χ4n) is 3.31. The zero-order valence-corrected chi connectivity index (χ0v) is 13.5. The third-order valence-corrected chi connectivity index (χ3v) is 4.50. The average molecular weight is 309 g/mol. The van der Waals surface area contributed by atoms with E-state index in [0.717, 1.165) is 12.1 Å². The first-order valence-electron chi connectivity index (χ1n) is 8.34. The molecule has 3 aromatic carbocycles. The Labute approximate surface area is 143 Å². The minimum absolute atomic E-state index is 0.350. The van der Waals surface area contributed by atoms with Crippen LogP contribution in [0, 0.1) is 0 Å². The lowest BCUT2D eigenvalue weighted by molar-refractivity contribution is 1.02. The van der Waals surface area contributed by atoms with E-state index in [0.29, 0.717) is 5.92 Å². The van der Waals surface area contributed by atoms with Gasteiger partial charge in [-0.1, -0.05) is 78.9 Å². The number of aliphatic imine (C=N–C) groups is 1. The predicted molar refractivity (Wildman–Crippen MR) is 102 cm³/mol. The van der Waals surface area contributed by atoms with Crippen LogP contribution in [0.5, 0.6) is 0 Å². The predicted octanol–water partition coefficient (Wildman–Crippen LogP) is 5.79. The van der Waals surface area contributed by atoms with Gasteiger partial charge in [0.25, 0.3) is 0 Å². The van der Waals surface area contributed by atoms with E-state index in [-0.39, 0.29) is 0 Å². The van der Waals surface area contributed by atoms with Gasteiger partial charge in [0.15, 0.2) is 0 Å². The highest BCUT2D eigenvalue weighted by Gasteiger charge is 2.20. The topological polar surface area (TPSA) is 12.4 Å². The van der Waals surface area contributed by atoms with Crippen molar-refractivity contribution in [3.8, 4) is 0 Å². The van der Waals surface area contributed by atoms with Crippen LogP contribution in [-0.4, -0.2) is 6.21 Å². The van der Waals surface area contributed by atoms with Crippen LogP contribution in [0.2, 0.25) is 0 Å². The number of para-hydroxylation sites is 1. The number of hydrogen-bond acceptors (Lipinski definition) is 1. The molecule has 0 amide bonds. The number of benzene rings is 3. The van der Waals surface area contributed by atoms with Crippen LogP contribution < -0.4 is 0 Å². The van der Waals surface area contributed by atoms with Gasteiger partial charge < -0.3 is 0 Å². The molecule has 116 valence electrons. The monoisotopic (exact) mass is 309 g/mol. The van der Waals surface area contributed by atoms with E-state index in [1.807, 2.05) is 36.5 Å². The number of hydrogen-bond donors (Lipinski definition) is 0. The molecule has 0 saturated carbocycles. The first-order valence-corrected chi connectivity index (χ1v) is 8.34. The number of fused-ring (bicyclic) bond motifs is 1. The van der Waals surface area contributed by atoms with Crippen molar-refractivity contribution in [3.63, 3.8) is 0 Å². The summed E-state index contributed by atoms with van der Waals surface area (Å²) in [6, 6.07) is 27.4. The quantitative estimate of drug-likeness (QED) is 0.541. The van der Waals surface area contributed by atoms with E-state index in [2.05, 4.69) is 65.7 Å². The van der Waals surface area contributed by atoms with Crippen LogP contribution in [0.1, 0.15) is 28.2 Å². The van der Waals surface area contributed by atoms with E-state index in [1.54, 1.807) is 0 Å². The SMILES string of the molecule is C1=CC(c2ccccc2CC=Nc2ccccc2)c2ccccc21. The van der Waals surface area contributed by atoms with Crippen LogP contribution in [0.15, 0.2) is 89.9 Å². The van der Waals surface area contributed by atoms with Crippen molar-refractivity contribution < 1.29 is 0 Å². The van der Waals surface area contributed by atoms with Crippen molar-refractivity contribution in [1.82, 2.24) is 0 Å². The summed E-state index contributed by atoms with van der Waals surface area (Å²) in [5, 5.41) is 0. The molecule has 0 aliphatic heterocycles. The van der Waals surface area contributed by atoms with Crippen LogP contribution in [-0.2, 0) is 6.42 Å². The molecule has 1 nitrogen and oxygen atoms in total. The molecule has 0 N–H and O–H groups in total. The Morgan fingerprint density at radius 3 is 2.33 bits per heavy atom. The lowest BCUT2D eigenvalue weighted by Gasteiger charge is -2.15. The summed E-state index contributed by atoms with van der Waals surface area (Å²) in [5.41, 5.74) is 6.43. The van der Waals surface area contributed by atoms with Crippen molar-refractivity contribution in [2.75, 3.05) is 0 Å². The van der Waals surface area contributed by atoms with E-state index in [9.17, 15) is 0 Å². The second-order valence-electron chi connectivity index (χ2n) is 6.02. The fraction of sp³-hybridized carbons (Fsp3) is 0.0870. The van der Waals surface area contributed by atoms with Gasteiger partial charge in [0.2, 0.25) is 0 Å². The molecular formula is C23H19N. The molecule has 0 heterocycles. The summed E-state index contributed by atoms with van der Waals surface area (Å²) in [6.45, 7) is 0. The summed E-state index contributed by atoms with van der Waals surface area (Å²) >= 11 is 0. The molecule has 0 radical (unpaired) electrons. The van der Waals surface area contributed by atoms with Crippen LogP contribution in [0.25, 0.3) is 6.08 Å². The van der Waals surface area contributed by atoms with Gasteiger partial charge in [-0.25, -0.2) is 0 Å². The largest absolute Gasteiger partial charge is 0.261 e. The third-order valence-electron chi connectivity index (χ3n) is 4.50. The third kappa shape index (κ3) is 2.93. The molecule has 24 heavy (non-hydrogen) atoms. The molecule has 1 unspecified atom stereocenters. The van der Waals surface area contributed by atoms with Gasteiger partial charge in [0.1, 0.15) is 0 Å². The highest BCUT2D eigenvalue weighted by molar-refractivity contribution is 5.69. The van der Waals surface area contributed by atoms with Gasteiger partial charge in [-0.05, 0) is 34.4 Å². The van der Waals surface area contributed by atoms with E-state index >= 15 is 0 Å². The van der Waals surface area contributed by atoms with Crippen molar-refractivity contribution in [2.45, 2.75) is 12.3 Å².